The van der Waals surface area contributed by atoms with Crippen LogP contribution in [-0.4, -0.2) is 40.8 Å². The summed E-state index contributed by atoms with van der Waals surface area (Å²) < 4.78 is 0. The van der Waals surface area contributed by atoms with E-state index in [2.05, 4.69) is 10.3 Å². The van der Waals surface area contributed by atoms with Gasteiger partial charge >= 0.3 is 6.03 Å². The van der Waals surface area contributed by atoms with Crippen molar-refractivity contribution in [2.75, 3.05) is 18.0 Å². The molecule has 7 heteroatoms. The third kappa shape index (κ3) is 3.31. The molecule has 3 aromatic carbocycles. The Morgan fingerprint density at radius 3 is 2.61 bits per heavy atom. The number of fused-ring (bicyclic) bond motifs is 5. The van der Waals surface area contributed by atoms with E-state index in [1.54, 1.807) is 36.1 Å². The van der Waals surface area contributed by atoms with Gasteiger partial charge in [0, 0.05) is 29.6 Å². The van der Waals surface area contributed by atoms with Gasteiger partial charge in [0.15, 0.2) is 5.54 Å². The normalized spacial score (nSPS) is 18.9. The van der Waals surface area contributed by atoms with Crippen molar-refractivity contribution < 1.29 is 14.4 Å². The van der Waals surface area contributed by atoms with Crippen LogP contribution < -0.4 is 10.2 Å². The Morgan fingerprint density at radius 2 is 1.78 bits per heavy atom. The van der Waals surface area contributed by atoms with E-state index in [9.17, 15) is 14.4 Å². The first kappa shape index (κ1) is 22.1. The molecule has 0 aliphatic carbocycles. The number of carbonyl (C=O) groups excluding carboxylic acids is 3. The van der Waals surface area contributed by atoms with Crippen molar-refractivity contribution >= 4 is 34.4 Å². The molecule has 1 atom stereocenters. The molecule has 4 amide bonds. The van der Waals surface area contributed by atoms with Crippen LogP contribution in [-0.2, 0) is 23.2 Å². The zero-order valence-corrected chi connectivity index (χ0v) is 20.0. The number of nitrogens with zero attached hydrogens (tertiary/aromatic N) is 2. The second-order valence-electron chi connectivity index (χ2n) is 9.46. The summed E-state index contributed by atoms with van der Waals surface area (Å²) in [5.74, 6) is -0.560. The topological polar surface area (TPSA) is 85.5 Å². The van der Waals surface area contributed by atoms with E-state index in [1.165, 1.54) is 4.90 Å². The smallest absolute Gasteiger partial charge is 0.332 e. The van der Waals surface area contributed by atoms with Crippen LogP contribution in [0.25, 0.3) is 10.9 Å². The van der Waals surface area contributed by atoms with Crippen LogP contribution in [0.15, 0.2) is 78.9 Å². The summed E-state index contributed by atoms with van der Waals surface area (Å²) in [5, 5.41) is 4.01. The number of carbonyl (C=O) groups is 3. The number of amides is 4. The molecule has 7 nitrogen and oxygen atoms in total. The van der Waals surface area contributed by atoms with Gasteiger partial charge in [0.05, 0.1) is 11.4 Å². The van der Waals surface area contributed by atoms with Crippen LogP contribution >= 0.6 is 0 Å². The summed E-state index contributed by atoms with van der Waals surface area (Å²) in [6, 6.07) is 24.2. The van der Waals surface area contributed by atoms with Gasteiger partial charge in [-0.15, -0.1) is 0 Å². The van der Waals surface area contributed by atoms with Gasteiger partial charge in [0.1, 0.15) is 0 Å². The lowest BCUT2D eigenvalue weighted by atomic mass is 9.87. The van der Waals surface area contributed by atoms with Crippen LogP contribution in [0, 0.1) is 0 Å². The second kappa shape index (κ2) is 8.37. The van der Waals surface area contributed by atoms with Crippen LogP contribution in [0.5, 0.6) is 0 Å². The number of hydrogen-bond donors (Lipinski definition) is 2. The molecule has 2 N–H and O–H groups in total. The number of rotatable bonds is 5. The first-order valence-corrected chi connectivity index (χ1v) is 12.2. The highest BCUT2D eigenvalue weighted by molar-refractivity contribution is 6.24. The number of H-pyrrole nitrogens is 1. The molecule has 180 valence electrons. The predicted molar refractivity (Wildman–Crippen MR) is 138 cm³/mol. The van der Waals surface area contributed by atoms with Crippen LogP contribution in [0.3, 0.4) is 0 Å². The molecule has 0 saturated carbocycles. The quantitative estimate of drug-likeness (QED) is 0.418. The molecular formula is C29H26N4O3. The zero-order valence-electron chi connectivity index (χ0n) is 20.0. The maximum Gasteiger partial charge on any atom is 0.332 e. The van der Waals surface area contributed by atoms with E-state index in [-0.39, 0.29) is 17.8 Å². The van der Waals surface area contributed by atoms with Crippen molar-refractivity contribution in [2.45, 2.75) is 25.3 Å². The minimum Gasteiger partial charge on any atom is -0.356 e. The fraction of sp³-hybridized carbons (Fsp3) is 0.207. The number of benzene rings is 3. The molecule has 4 aromatic rings. The molecule has 2 aliphatic heterocycles. The van der Waals surface area contributed by atoms with E-state index < -0.39 is 5.54 Å². The summed E-state index contributed by atoms with van der Waals surface area (Å²) in [5.41, 5.74) is 3.62. The summed E-state index contributed by atoms with van der Waals surface area (Å²) in [4.78, 5) is 46.5. The number of urea groups is 1. The van der Waals surface area contributed by atoms with Crippen LogP contribution in [0.2, 0.25) is 0 Å². The Hall–Kier alpha value is -4.39. The van der Waals surface area contributed by atoms with Gasteiger partial charge < -0.3 is 15.2 Å². The summed E-state index contributed by atoms with van der Waals surface area (Å²) in [7, 11) is 0. The van der Waals surface area contributed by atoms with Gasteiger partial charge in [-0.2, -0.15) is 0 Å². The number of nitrogens with one attached hydrogen (secondary N) is 2. The van der Waals surface area contributed by atoms with E-state index in [4.69, 9.17) is 0 Å². The van der Waals surface area contributed by atoms with Crippen molar-refractivity contribution in [1.29, 1.82) is 0 Å². The molecule has 3 heterocycles. The number of anilines is 1. The lowest BCUT2D eigenvalue weighted by Crippen LogP contribution is -2.49. The largest absolute Gasteiger partial charge is 0.356 e. The Morgan fingerprint density at radius 1 is 1.00 bits per heavy atom. The minimum atomic E-state index is -1.13. The highest BCUT2D eigenvalue weighted by Crippen LogP contribution is 2.45. The molecule has 1 aromatic heterocycles. The molecule has 1 fully saturated rings. The maximum atomic E-state index is 13.9. The molecule has 0 bridgehead atoms. The van der Waals surface area contributed by atoms with Gasteiger partial charge in [-0.3, -0.25) is 9.59 Å². The first-order valence-electron chi connectivity index (χ1n) is 12.2. The van der Waals surface area contributed by atoms with Gasteiger partial charge in [-0.1, -0.05) is 54.6 Å². The Kier molecular flexibility index (Phi) is 5.14. The SMILES string of the molecule is CC12C(=O)N(c3cccc(C(=O)NCCc4ccccc4)c3)C(=O)N1CCc1c2[nH]c2ccccc12. The van der Waals surface area contributed by atoms with Crippen molar-refractivity contribution in [2.24, 2.45) is 0 Å². The minimum absolute atomic E-state index is 0.242. The highest BCUT2D eigenvalue weighted by Gasteiger charge is 2.59. The van der Waals surface area contributed by atoms with Gasteiger partial charge in [-0.25, -0.2) is 9.69 Å². The molecule has 0 spiro atoms. The van der Waals surface area contributed by atoms with Crippen LogP contribution in [0.1, 0.15) is 34.1 Å². The Labute approximate surface area is 208 Å². The van der Waals surface area contributed by atoms with Crippen molar-refractivity contribution in [3.8, 4) is 0 Å². The summed E-state index contributed by atoms with van der Waals surface area (Å²) in [6.45, 7) is 2.75. The molecule has 0 radical (unpaired) electrons. The monoisotopic (exact) mass is 478 g/mol. The number of para-hydroxylation sites is 1. The fourth-order valence-electron chi connectivity index (χ4n) is 5.47. The Balaban J connectivity index is 1.27. The van der Waals surface area contributed by atoms with E-state index >= 15 is 0 Å². The fourth-order valence-corrected chi connectivity index (χ4v) is 5.47. The lowest BCUT2D eigenvalue weighted by molar-refractivity contribution is -0.125. The third-order valence-corrected chi connectivity index (χ3v) is 7.38. The zero-order chi connectivity index (χ0) is 24.9. The molecule has 1 saturated heterocycles. The molecule has 1 unspecified atom stereocenters. The van der Waals surface area contributed by atoms with Gasteiger partial charge in [-0.05, 0) is 55.2 Å². The standard InChI is InChI=1S/C29H26N4O3/c1-29-25-23(22-12-5-6-13-24(22)31-25)15-17-32(29)28(36)33(27(29)35)21-11-7-10-20(18-21)26(34)30-16-14-19-8-3-2-4-9-19/h2-13,18,31H,14-17H2,1H3,(H,30,34). The van der Waals surface area contributed by atoms with E-state index in [0.717, 1.165) is 34.1 Å². The maximum absolute atomic E-state index is 13.9. The summed E-state index contributed by atoms with van der Waals surface area (Å²) in [6.07, 6.45) is 1.39. The van der Waals surface area contributed by atoms with Crippen molar-refractivity contribution in [1.82, 2.24) is 15.2 Å². The molecule has 36 heavy (non-hydrogen) atoms. The van der Waals surface area contributed by atoms with E-state index in [1.807, 2.05) is 54.6 Å². The molecule has 6 rings (SSSR count). The first-order chi connectivity index (χ1) is 17.5. The van der Waals surface area contributed by atoms with Gasteiger partial charge in [0.2, 0.25) is 0 Å². The van der Waals surface area contributed by atoms with Gasteiger partial charge in [0.25, 0.3) is 11.8 Å². The van der Waals surface area contributed by atoms with Crippen molar-refractivity contribution in [3.63, 3.8) is 0 Å². The molecule has 2 aliphatic rings. The highest BCUT2D eigenvalue weighted by atomic mass is 16.2. The predicted octanol–water partition coefficient (Wildman–Crippen LogP) is 4.38. The summed E-state index contributed by atoms with van der Waals surface area (Å²) >= 11 is 0. The average molecular weight is 479 g/mol. The number of hydrogen-bond acceptors (Lipinski definition) is 3. The van der Waals surface area contributed by atoms with Crippen LogP contribution in [0.4, 0.5) is 10.5 Å². The second-order valence-corrected chi connectivity index (χ2v) is 9.46. The van der Waals surface area contributed by atoms with E-state index in [0.29, 0.717) is 30.8 Å². The number of aromatic nitrogens is 1. The lowest BCUT2D eigenvalue weighted by Gasteiger charge is -2.35. The number of imide groups is 1. The Bertz CT molecular complexity index is 1510. The number of aromatic amines is 1. The average Bonchev–Trinajstić information content (AvgIpc) is 3.38. The third-order valence-electron chi connectivity index (χ3n) is 7.38. The van der Waals surface area contributed by atoms with Crippen molar-refractivity contribution in [3.05, 3.63) is 101 Å². The molecular weight excluding hydrogens is 452 g/mol.